The van der Waals surface area contributed by atoms with Crippen LogP contribution in [-0.2, 0) is 9.59 Å². The molecule has 0 atom stereocenters. The largest absolute Gasteiger partial charge is 0.322 e. The fraction of sp³-hybridized carbons (Fsp3) is 0.118. The first-order valence-corrected chi connectivity index (χ1v) is 8.99. The van der Waals surface area contributed by atoms with E-state index >= 15 is 0 Å². The van der Waals surface area contributed by atoms with Crippen LogP contribution in [0.2, 0.25) is 0 Å². The maximum absolute atomic E-state index is 13.6. The molecular formula is C17H13FN2O3S2. The number of para-hydroxylation sites is 1. The van der Waals surface area contributed by atoms with Crippen molar-refractivity contribution in [1.82, 2.24) is 4.90 Å². The normalized spacial score (nSPS) is 15.9. The zero-order chi connectivity index (χ0) is 18.0. The Hall–Kier alpha value is -2.45. The molecule has 1 aromatic carbocycles. The SMILES string of the molecule is Cc1ccsc1C=C1SC(=O)N(CC(=O)Nc2ccccc2F)C1=O. The lowest BCUT2D eigenvalue weighted by molar-refractivity contribution is -0.127. The summed E-state index contributed by atoms with van der Waals surface area (Å²) in [4.78, 5) is 38.5. The predicted molar refractivity (Wildman–Crippen MR) is 96.8 cm³/mol. The van der Waals surface area contributed by atoms with E-state index in [1.54, 1.807) is 12.1 Å². The monoisotopic (exact) mass is 376 g/mol. The summed E-state index contributed by atoms with van der Waals surface area (Å²) < 4.78 is 13.6. The molecule has 0 unspecified atom stereocenters. The van der Waals surface area contributed by atoms with Gasteiger partial charge in [0.25, 0.3) is 11.1 Å². The van der Waals surface area contributed by atoms with Crippen molar-refractivity contribution in [2.75, 3.05) is 11.9 Å². The van der Waals surface area contributed by atoms with Gasteiger partial charge < -0.3 is 5.32 Å². The fourth-order valence-corrected chi connectivity index (χ4v) is 3.94. The topological polar surface area (TPSA) is 66.5 Å². The number of imide groups is 1. The summed E-state index contributed by atoms with van der Waals surface area (Å²) in [6, 6.07) is 7.61. The number of thioether (sulfide) groups is 1. The minimum absolute atomic E-state index is 0.00391. The summed E-state index contributed by atoms with van der Waals surface area (Å²) in [5.74, 6) is -1.74. The van der Waals surface area contributed by atoms with Gasteiger partial charge in [0.1, 0.15) is 12.4 Å². The van der Waals surface area contributed by atoms with Crippen LogP contribution in [0.25, 0.3) is 6.08 Å². The van der Waals surface area contributed by atoms with Gasteiger partial charge >= 0.3 is 0 Å². The second-order valence-corrected chi connectivity index (χ2v) is 7.20. The molecule has 0 radical (unpaired) electrons. The number of hydrogen-bond donors (Lipinski definition) is 1. The summed E-state index contributed by atoms with van der Waals surface area (Å²) >= 11 is 2.26. The average molecular weight is 376 g/mol. The summed E-state index contributed by atoms with van der Waals surface area (Å²) in [7, 11) is 0. The minimum atomic E-state index is -0.638. The zero-order valence-corrected chi connectivity index (χ0v) is 14.7. The first-order valence-electron chi connectivity index (χ1n) is 7.29. The van der Waals surface area contributed by atoms with E-state index in [4.69, 9.17) is 0 Å². The summed E-state index contributed by atoms with van der Waals surface area (Å²) in [5.41, 5.74) is 1.01. The maximum Gasteiger partial charge on any atom is 0.294 e. The molecule has 25 heavy (non-hydrogen) atoms. The van der Waals surface area contributed by atoms with E-state index in [2.05, 4.69) is 5.32 Å². The minimum Gasteiger partial charge on any atom is -0.322 e. The maximum atomic E-state index is 13.6. The Balaban J connectivity index is 1.71. The lowest BCUT2D eigenvalue weighted by Crippen LogP contribution is -2.36. The molecule has 1 aromatic heterocycles. The van der Waals surface area contributed by atoms with Crippen molar-refractivity contribution in [2.45, 2.75) is 6.92 Å². The van der Waals surface area contributed by atoms with Crippen molar-refractivity contribution in [3.05, 3.63) is 56.9 Å². The number of anilines is 1. The Morgan fingerprint density at radius 2 is 2.04 bits per heavy atom. The molecule has 2 heterocycles. The van der Waals surface area contributed by atoms with Crippen LogP contribution in [-0.4, -0.2) is 28.5 Å². The molecule has 1 aliphatic heterocycles. The van der Waals surface area contributed by atoms with Gasteiger partial charge in [0.2, 0.25) is 5.91 Å². The van der Waals surface area contributed by atoms with E-state index in [-0.39, 0.29) is 10.6 Å². The van der Waals surface area contributed by atoms with Gasteiger partial charge in [0.15, 0.2) is 0 Å². The van der Waals surface area contributed by atoms with E-state index < -0.39 is 29.4 Å². The molecule has 1 saturated heterocycles. The Labute approximate surface area is 151 Å². The smallest absolute Gasteiger partial charge is 0.294 e. The number of benzene rings is 1. The molecule has 5 nitrogen and oxygen atoms in total. The summed E-state index contributed by atoms with van der Waals surface area (Å²) in [5, 5.41) is 3.74. The Morgan fingerprint density at radius 1 is 1.28 bits per heavy atom. The lowest BCUT2D eigenvalue weighted by atomic mass is 10.2. The van der Waals surface area contributed by atoms with E-state index in [1.165, 1.54) is 29.5 Å². The second kappa shape index (κ2) is 7.20. The third-order valence-corrected chi connectivity index (χ3v) is 5.36. The average Bonchev–Trinajstić information content (AvgIpc) is 3.08. The number of carbonyl (C=O) groups is 3. The first kappa shape index (κ1) is 17.4. The highest BCUT2D eigenvalue weighted by atomic mass is 32.2. The number of carbonyl (C=O) groups excluding carboxylic acids is 3. The van der Waals surface area contributed by atoms with Crippen LogP contribution >= 0.6 is 23.1 Å². The highest BCUT2D eigenvalue weighted by Crippen LogP contribution is 2.33. The van der Waals surface area contributed by atoms with Crippen molar-refractivity contribution >= 4 is 51.9 Å². The van der Waals surface area contributed by atoms with Crippen molar-refractivity contribution in [1.29, 1.82) is 0 Å². The van der Waals surface area contributed by atoms with Gasteiger partial charge in [-0.25, -0.2) is 4.39 Å². The van der Waals surface area contributed by atoms with E-state index in [0.29, 0.717) is 0 Å². The van der Waals surface area contributed by atoms with Gasteiger partial charge in [-0.2, -0.15) is 0 Å². The van der Waals surface area contributed by atoms with Crippen LogP contribution in [0.4, 0.5) is 14.9 Å². The Morgan fingerprint density at radius 3 is 2.72 bits per heavy atom. The third kappa shape index (κ3) is 3.80. The molecule has 128 valence electrons. The number of hydrogen-bond acceptors (Lipinski definition) is 5. The molecular weight excluding hydrogens is 363 g/mol. The van der Waals surface area contributed by atoms with Crippen LogP contribution in [0, 0.1) is 12.7 Å². The number of nitrogens with one attached hydrogen (secondary N) is 1. The summed E-state index contributed by atoms with van der Waals surface area (Å²) in [6.07, 6.45) is 1.65. The summed E-state index contributed by atoms with van der Waals surface area (Å²) in [6.45, 7) is 1.45. The number of halogens is 1. The van der Waals surface area contributed by atoms with Gasteiger partial charge in [-0.05, 0) is 53.9 Å². The molecule has 3 rings (SSSR count). The quantitative estimate of drug-likeness (QED) is 0.823. The Kier molecular flexibility index (Phi) is 5.00. The van der Waals surface area contributed by atoms with Crippen molar-refractivity contribution in [3.8, 4) is 0 Å². The molecule has 0 aliphatic carbocycles. The molecule has 0 saturated carbocycles. The highest BCUT2D eigenvalue weighted by Gasteiger charge is 2.36. The van der Waals surface area contributed by atoms with Gasteiger partial charge in [0, 0.05) is 4.88 Å². The van der Waals surface area contributed by atoms with Crippen LogP contribution in [0.3, 0.4) is 0 Å². The molecule has 1 fully saturated rings. The van der Waals surface area contributed by atoms with E-state index in [9.17, 15) is 18.8 Å². The molecule has 0 bridgehead atoms. The van der Waals surface area contributed by atoms with Gasteiger partial charge in [0.05, 0.1) is 10.6 Å². The number of amides is 3. The van der Waals surface area contributed by atoms with Crippen LogP contribution in [0.1, 0.15) is 10.4 Å². The number of aryl methyl sites for hydroxylation is 1. The van der Waals surface area contributed by atoms with E-state index in [0.717, 1.165) is 27.1 Å². The highest BCUT2D eigenvalue weighted by molar-refractivity contribution is 8.18. The fourth-order valence-electron chi connectivity index (χ4n) is 2.18. The molecule has 0 spiro atoms. The van der Waals surface area contributed by atoms with Crippen molar-refractivity contribution in [2.24, 2.45) is 0 Å². The molecule has 3 amide bonds. The molecule has 1 N–H and O–H groups in total. The molecule has 1 aliphatic rings. The van der Waals surface area contributed by atoms with Gasteiger partial charge in [-0.1, -0.05) is 12.1 Å². The number of nitrogens with zero attached hydrogens (tertiary/aromatic N) is 1. The van der Waals surface area contributed by atoms with Gasteiger partial charge in [-0.15, -0.1) is 11.3 Å². The van der Waals surface area contributed by atoms with Crippen LogP contribution in [0.5, 0.6) is 0 Å². The first-order chi connectivity index (χ1) is 12.0. The van der Waals surface area contributed by atoms with Crippen LogP contribution in [0.15, 0.2) is 40.6 Å². The molecule has 2 aromatic rings. The molecule has 8 heteroatoms. The standard InChI is InChI=1S/C17H13FN2O3S2/c1-10-6-7-24-13(10)8-14-16(22)20(17(23)25-14)9-15(21)19-12-5-3-2-4-11(12)18/h2-8H,9H2,1H3,(H,19,21). The van der Waals surface area contributed by atoms with Crippen molar-refractivity contribution in [3.63, 3.8) is 0 Å². The second-order valence-electron chi connectivity index (χ2n) is 5.26. The van der Waals surface area contributed by atoms with Crippen molar-refractivity contribution < 1.29 is 18.8 Å². The number of thiophene rings is 1. The third-order valence-electron chi connectivity index (χ3n) is 3.49. The predicted octanol–water partition coefficient (Wildman–Crippen LogP) is 3.87. The number of rotatable bonds is 4. The van der Waals surface area contributed by atoms with Gasteiger partial charge in [-0.3, -0.25) is 19.3 Å². The van der Waals surface area contributed by atoms with Crippen LogP contribution < -0.4 is 5.32 Å². The van der Waals surface area contributed by atoms with E-state index in [1.807, 2.05) is 18.4 Å². The zero-order valence-electron chi connectivity index (χ0n) is 13.1. The Bertz CT molecular complexity index is 892. The lowest BCUT2D eigenvalue weighted by Gasteiger charge is -2.12.